The van der Waals surface area contributed by atoms with Crippen molar-refractivity contribution in [2.45, 2.75) is 6.42 Å². The lowest BCUT2D eigenvalue weighted by atomic mass is 10.0. The van der Waals surface area contributed by atoms with E-state index in [1.165, 1.54) is 0 Å². The molecular formula is C21H16O3. The van der Waals surface area contributed by atoms with Gasteiger partial charge in [-0.3, -0.25) is 4.79 Å². The number of rotatable bonds is 5. The summed E-state index contributed by atoms with van der Waals surface area (Å²) in [5, 5.41) is 0. The number of carbonyl (C=O) groups excluding carboxylic acids is 2. The minimum atomic E-state index is -0.435. The molecule has 3 heteroatoms. The molecule has 0 atom stereocenters. The van der Waals surface area contributed by atoms with Crippen molar-refractivity contribution in [3.8, 4) is 5.75 Å². The van der Waals surface area contributed by atoms with E-state index in [1.807, 2.05) is 30.3 Å². The average Bonchev–Trinajstić information content (AvgIpc) is 2.64. The molecule has 3 aromatic rings. The Morgan fingerprint density at radius 1 is 0.667 bits per heavy atom. The van der Waals surface area contributed by atoms with Gasteiger partial charge < -0.3 is 4.74 Å². The maximum atomic E-state index is 12.4. The Morgan fingerprint density at radius 2 is 1.21 bits per heavy atom. The van der Waals surface area contributed by atoms with Crippen molar-refractivity contribution in [2.75, 3.05) is 0 Å². The minimum Gasteiger partial charge on any atom is -0.423 e. The molecule has 3 aromatic carbocycles. The number of hydrogen-bond acceptors (Lipinski definition) is 3. The third-order valence-corrected chi connectivity index (χ3v) is 3.63. The van der Waals surface area contributed by atoms with E-state index in [9.17, 15) is 9.59 Å². The van der Waals surface area contributed by atoms with E-state index in [4.69, 9.17) is 4.74 Å². The number of ether oxygens (including phenoxy) is 1. The first-order chi connectivity index (χ1) is 11.7. The van der Waals surface area contributed by atoms with Crippen molar-refractivity contribution >= 4 is 11.8 Å². The Kier molecular flexibility index (Phi) is 4.82. The van der Waals surface area contributed by atoms with Crippen molar-refractivity contribution in [1.82, 2.24) is 0 Å². The van der Waals surface area contributed by atoms with E-state index in [0.29, 0.717) is 22.4 Å². The summed E-state index contributed by atoms with van der Waals surface area (Å²) >= 11 is 0. The van der Waals surface area contributed by atoms with E-state index in [1.54, 1.807) is 54.6 Å². The van der Waals surface area contributed by atoms with E-state index in [-0.39, 0.29) is 12.2 Å². The summed E-state index contributed by atoms with van der Waals surface area (Å²) in [7, 11) is 0. The number of hydrogen-bond donors (Lipinski definition) is 0. The molecule has 0 radical (unpaired) electrons. The minimum absolute atomic E-state index is 0.0150. The van der Waals surface area contributed by atoms with E-state index in [2.05, 4.69) is 0 Å². The van der Waals surface area contributed by atoms with Gasteiger partial charge in [-0.25, -0.2) is 4.79 Å². The molecule has 0 fully saturated rings. The van der Waals surface area contributed by atoms with Crippen LogP contribution in [0.5, 0.6) is 5.75 Å². The van der Waals surface area contributed by atoms with Crippen LogP contribution in [0.15, 0.2) is 84.9 Å². The van der Waals surface area contributed by atoms with Crippen LogP contribution in [0, 0.1) is 0 Å². The van der Waals surface area contributed by atoms with Crippen molar-refractivity contribution in [1.29, 1.82) is 0 Å². The molecule has 3 rings (SSSR count). The maximum Gasteiger partial charge on any atom is 0.343 e. The second kappa shape index (κ2) is 7.38. The molecule has 0 saturated heterocycles. The Hall–Kier alpha value is -3.20. The van der Waals surface area contributed by atoms with Gasteiger partial charge in [-0.05, 0) is 18.2 Å². The third-order valence-electron chi connectivity index (χ3n) is 3.63. The molecule has 0 aliphatic carbocycles. The summed E-state index contributed by atoms with van der Waals surface area (Å²) in [5.74, 6) is -0.0374. The van der Waals surface area contributed by atoms with Crippen molar-refractivity contribution in [3.63, 3.8) is 0 Å². The molecule has 0 heterocycles. The first-order valence-corrected chi connectivity index (χ1v) is 7.67. The first-order valence-electron chi connectivity index (χ1n) is 7.67. The van der Waals surface area contributed by atoms with Gasteiger partial charge in [0.15, 0.2) is 5.78 Å². The van der Waals surface area contributed by atoms with Gasteiger partial charge in [0.05, 0.1) is 5.56 Å². The number of benzene rings is 3. The van der Waals surface area contributed by atoms with Crippen molar-refractivity contribution in [3.05, 3.63) is 102 Å². The number of esters is 1. The fourth-order valence-corrected chi connectivity index (χ4v) is 2.38. The fraction of sp³-hybridized carbons (Fsp3) is 0.0476. The van der Waals surface area contributed by atoms with Gasteiger partial charge in [0, 0.05) is 17.5 Å². The molecule has 118 valence electrons. The Morgan fingerprint density at radius 3 is 1.88 bits per heavy atom. The molecule has 0 aliphatic heterocycles. The van der Waals surface area contributed by atoms with Crippen molar-refractivity contribution < 1.29 is 14.3 Å². The molecule has 3 nitrogen and oxygen atoms in total. The standard InChI is InChI=1S/C21H16O3/c22-19(16-9-3-1-4-10-16)15-18-13-7-8-14-20(18)24-21(23)17-11-5-2-6-12-17/h1-14H,15H2. The quantitative estimate of drug-likeness (QED) is 0.400. The molecule has 0 bridgehead atoms. The Balaban J connectivity index is 1.78. The average molecular weight is 316 g/mol. The first kappa shape index (κ1) is 15.7. The third kappa shape index (κ3) is 3.76. The molecule has 0 unspecified atom stereocenters. The van der Waals surface area contributed by atoms with Crippen LogP contribution < -0.4 is 4.74 Å². The van der Waals surface area contributed by atoms with Crippen LogP contribution in [-0.2, 0) is 6.42 Å². The molecule has 24 heavy (non-hydrogen) atoms. The molecular weight excluding hydrogens is 300 g/mol. The van der Waals surface area contributed by atoms with Crippen LogP contribution in [0.2, 0.25) is 0 Å². The normalized spacial score (nSPS) is 10.2. The fourth-order valence-electron chi connectivity index (χ4n) is 2.38. The zero-order chi connectivity index (χ0) is 16.8. The van der Waals surface area contributed by atoms with Gasteiger partial charge in [0.1, 0.15) is 5.75 Å². The zero-order valence-corrected chi connectivity index (χ0v) is 13.0. The number of carbonyl (C=O) groups is 2. The lowest BCUT2D eigenvalue weighted by molar-refractivity contribution is 0.0731. The van der Waals surface area contributed by atoms with Crippen LogP contribution in [0.25, 0.3) is 0 Å². The molecule has 0 saturated carbocycles. The number of para-hydroxylation sites is 1. The zero-order valence-electron chi connectivity index (χ0n) is 13.0. The molecule has 0 aliphatic rings. The lowest BCUT2D eigenvalue weighted by Crippen LogP contribution is -2.11. The van der Waals surface area contributed by atoms with Gasteiger partial charge in [0.2, 0.25) is 0 Å². The van der Waals surface area contributed by atoms with Gasteiger partial charge in [-0.1, -0.05) is 66.7 Å². The summed E-state index contributed by atoms with van der Waals surface area (Å²) in [6.45, 7) is 0. The van der Waals surface area contributed by atoms with Gasteiger partial charge >= 0.3 is 5.97 Å². The van der Waals surface area contributed by atoms with Crippen LogP contribution >= 0.6 is 0 Å². The number of ketones is 1. The SMILES string of the molecule is O=C(Cc1ccccc1OC(=O)c1ccccc1)c1ccccc1. The summed E-state index contributed by atoms with van der Waals surface area (Å²) in [6.07, 6.45) is 0.183. The Labute approximate surface area is 140 Å². The molecule has 0 N–H and O–H groups in total. The summed E-state index contributed by atoms with van der Waals surface area (Å²) in [6, 6.07) is 25.0. The summed E-state index contributed by atoms with van der Waals surface area (Å²) < 4.78 is 5.48. The number of Topliss-reactive ketones (excluding diaryl/α,β-unsaturated/α-hetero) is 1. The second-order valence-electron chi connectivity index (χ2n) is 5.33. The maximum absolute atomic E-state index is 12.4. The molecule has 0 aromatic heterocycles. The summed E-state index contributed by atoms with van der Waals surface area (Å²) in [5.41, 5.74) is 1.80. The van der Waals surface area contributed by atoms with Crippen LogP contribution in [0.4, 0.5) is 0 Å². The summed E-state index contributed by atoms with van der Waals surface area (Å²) in [4.78, 5) is 24.6. The van der Waals surface area contributed by atoms with Crippen LogP contribution in [0.3, 0.4) is 0 Å². The second-order valence-corrected chi connectivity index (χ2v) is 5.33. The van der Waals surface area contributed by atoms with Crippen LogP contribution in [0.1, 0.15) is 26.3 Å². The highest BCUT2D eigenvalue weighted by Crippen LogP contribution is 2.21. The van der Waals surface area contributed by atoms with E-state index >= 15 is 0 Å². The van der Waals surface area contributed by atoms with Crippen LogP contribution in [-0.4, -0.2) is 11.8 Å². The lowest BCUT2D eigenvalue weighted by Gasteiger charge is -2.10. The highest BCUT2D eigenvalue weighted by atomic mass is 16.5. The predicted molar refractivity (Wildman–Crippen MR) is 92.3 cm³/mol. The van der Waals surface area contributed by atoms with Gasteiger partial charge in [-0.2, -0.15) is 0 Å². The van der Waals surface area contributed by atoms with Crippen molar-refractivity contribution in [2.24, 2.45) is 0 Å². The Bertz CT molecular complexity index is 767. The van der Waals surface area contributed by atoms with E-state index in [0.717, 1.165) is 0 Å². The topological polar surface area (TPSA) is 43.4 Å². The van der Waals surface area contributed by atoms with Gasteiger partial charge in [0.25, 0.3) is 0 Å². The molecule has 0 spiro atoms. The van der Waals surface area contributed by atoms with E-state index < -0.39 is 5.97 Å². The molecule has 0 amide bonds. The van der Waals surface area contributed by atoms with Gasteiger partial charge in [-0.15, -0.1) is 0 Å². The smallest absolute Gasteiger partial charge is 0.343 e. The highest BCUT2D eigenvalue weighted by Gasteiger charge is 2.14. The predicted octanol–water partition coefficient (Wildman–Crippen LogP) is 4.33. The largest absolute Gasteiger partial charge is 0.423 e. The monoisotopic (exact) mass is 316 g/mol. The highest BCUT2D eigenvalue weighted by molar-refractivity contribution is 5.98.